The quantitative estimate of drug-likeness (QED) is 0.685. The molecule has 1 aliphatic carbocycles. The number of nitrogens with two attached hydrogens (primary N) is 1. The second-order valence-corrected chi connectivity index (χ2v) is 4.62. The summed E-state index contributed by atoms with van der Waals surface area (Å²) in [4.78, 5) is 11.2. The van der Waals surface area contributed by atoms with E-state index in [0.29, 0.717) is 11.8 Å². The van der Waals surface area contributed by atoms with Gasteiger partial charge in [0.1, 0.15) is 0 Å². The normalized spacial score (nSPS) is 21.8. The van der Waals surface area contributed by atoms with Gasteiger partial charge in [-0.1, -0.05) is 13.3 Å². The maximum absolute atomic E-state index is 11.2. The number of hydrogen-bond donors (Lipinski definition) is 2. The van der Waals surface area contributed by atoms with Gasteiger partial charge in [0.2, 0.25) is 5.91 Å². The lowest BCUT2D eigenvalue weighted by atomic mass is 9.70. The molecular weight excluding hydrogens is 164 g/mol. The van der Waals surface area contributed by atoms with E-state index in [9.17, 15) is 4.79 Å². The minimum atomic E-state index is -0.0332. The Labute approximate surface area is 80.1 Å². The first kappa shape index (κ1) is 10.5. The van der Waals surface area contributed by atoms with Crippen molar-refractivity contribution in [2.45, 2.75) is 45.6 Å². The van der Waals surface area contributed by atoms with Crippen molar-refractivity contribution in [3.05, 3.63) is 0 Å². The number of carbonyl (C=O) groups excluding carboxylic acids is 1. The summed E-state index contributed by atoms with van der Waals surface area (Å²) >= 11 is 0. The molecule has 3 N–H and O–H groups in total. The third-order valence-electron chi connectivity index (χ3n) is 2.78. The van der Waals surface area contributed by atoms with Gasteiger partial charge in [0.05, 0.1) is 0 Å². The Kier molecular flexibility index (Phi) is 3.31. The molecule has 0 spiro atoms. The molecule has 1 fully saturated rings. The zero-order chi connectivity index (χ0) is 9.90. The van der Waals surface area contributed by atoms with Crippen molar-refractivity contribution in [1.29, 1.82) is 0 Å². The third kappa shape index (κ3) is 3.35. The first-order valence-corrected chi connectivity index (χ1v) is 5.04. The van der Waals surface area contributed by atoms with Crippen molar-refractivity contribution >= 4 is 5.91 Å². The number of nitrogens with one attached hydrogen (secondary N) is 1. The van der Waals surface area contributed by atoms with Crippen molar-refractivity contribution in [2.75, 3.05) is 6.54 Å². The van der Waals surface area contributed by atoms with Crippen LogP contribution >= 0.6 is 0 Å². The van der Waals surface area contributed by atoms with Crippen LogP contribution in [0.3, 0.4) is 0 Å². The fourth-order valence-corrected chi connectivity index (χ4v) is 1.63. The Morgan fingerprint density at radius 2 is 2.23 bits per heavy atom. The summed E-state index contributed by atoms with van der Waals surface area (Å²) in [6.45, 7) is 4.89. The molecule has 0 aromatic carbocycles. The predicted molar refractivity (Wildman–Crippen MR) is 53.2 cm³/mol. The SMILES string of the molecule is CC(N)CC(=O)NCC1(C)CCC1. The largest absolute Gasteiger partial charge is 0.356 e. The Bertz CT molecular complexity index is 185. The van der Waals surface area contributed by atoms with E-state index >= 15 is 0 Å². The summed E-state index contributed by atoms with van der Waals surface area (Å²) in [5, 5.41) is 2.94. The van der Waals surface area contributed by atoms with Gasteiger partial charge in [-0.25, -0.2) is 0 Å². The van der Waals surface area contributed by atoms with Gasteiger partial charge in [-0.3, -0.25) is 4.79 Å². The van der Waals surface area contributed by atoms with Gasteiger partial charge in [0.25, 0.3) is 0 Å². The minimum Gasteiger partial charge on any atom is -0.356 e. The zero-order valence-electron chi connectivity index (χ0n) is 8.60. The standard InChI is InChI=1S/C10H20N2O/c1-8(11)6-9(13)12-7-10(2)4-3-5-10/h8H,3-7,11H2,1-2H3,(H,12,13). The molecule has 1 saturated carbocycles. The Morgan fingerprint density at radius 1 is 1.62 bits per heavy atom. The van der Waals surface area contributed by atoms with Gasteiger partial charge >= 0.3 is 0 Å². The first-order chi connectivity index (χ1) is 6.02. The van der Waals surface area contributed by atoms with Crippen molar-refractivity contribution in [1.82, 2.24) is 5.32 Å². The molecule has 0 bridgehead atoms. The summed E-state index contributed by atoms with van der Waals surface area (Å²) < 4.78 is 0. The molecule has 3 heteroatoms. The van der Waals surface area contributed by atoms with E-state index in [2.05, 4.69) is 12.2 Å². The lowest BCUT2D eigenvalue weighted by Crippen LogP contribution is -2.41. The monoisotopic (exact) mass is 184 g/mol. The average Bonchev–Trinajstić information content (AvgIpc) is 1.96. The van der Waals surface area contributed by atoms with E-state index in [1.807, 2.05) is 6.92 Å². The van der Waals surface area contributed by atoms with Gasteiger partial charge in [0.15, 0.2) is 0 Å². The lowest BCUT2D eigenvalue weighted by molar-refractivity contribution is -0.122. The fourth-order valence-electron chi connectivity index (χ4n) is 1.63. The van der Waals surface area contributed by atoms with Crippen LogP contribution in [0.25, 0.3) is 0 Å². The predicted octanol–water partition coefficient (Wildman–Crippen LogP) is 1.03. The molecule has 0 heterocycles. The van der Waals surface area contributed by atoms with Crippen LogP contribution in [0, 0.1) is 5.41 Å². The van der Waals surface area contributed by atoms with E-state index in [4.69, 9.17) is 5.73 Å². The van der Waals surface area contributed by atoms with Crippen LogP contribution in [-0.2, 0) is 4.79 Å². The zero-order valence-corrected chi connectivity index (χ0v) is 8.60. The van der Waals surface area contributed by atoms with Crippen LogP contribution in [0.5, 0.6) is 0 Å². The van der Waals surface area contributed by atoms with E-state index in [0.717, 1.165) is 6.54 Å². The van der Waals surface area contributed by atoms with E-state index < -0.39 is 0 Å². The van der Waals surface area contributed by atoms with E-state index in [1.165, 1.54) is 19.3 Å². The molecule has 0 radical (unpaired) electrons. The second-order valence-electron chi connectivity index (χ2n) is 4.62. The number of carbonyl (C=O) groups is 1. The van der Waals surface area contributed by atoms with Gasteiger partial charge in [-0.15, -0.1) is 0 Å². The van der Waals surface area contributed by atoms with Gasteiger partial charge in [-0.2, -0.15) is 0 Å². The topological polar surface area (TPSA) is 55.1 Å². The third-order valence-corrected chi connectivity index (χ3v) is 2.78. The first-order valence-electron chi connectivity index (χ1n) is 5.04. The smallest absolute Gasteiger partial charge is 0.221 e. The van der Waals surface area contributed by atoms with Crippen LogP contribution in [-0.4, -0.2) is 18.5 Å². The van der Waals surface area contributed by atoms with Crippen molar-refractivity contribution < 1.29 is 4.79 Å². The van der Waals surface area contributed by atoms with Crippen molar-refractivity contribution in [2.24, 2.45) is 11.1 Å². The number of amides is 1. The Morgan fingerprint density at radius 3 is 2.62 bits per heavy atom. The van der Waals surface area contributed by atoms with Crippen LogP contribution in [0.15, 0.2) is 0 Å². The second kappa shape index (κ2) is 4.09. The summed E-state index contributed by atoms with van der Waals surface area (Å²) in [7, 11) is 0. The van der Waals surface area contributed by atoms with E-state index in [1.54, 1.807) is 0 Å². The van der Waals surface area contributed by atoms with E-state index in [-0.39, 0.29) is 11.9 Å². The summed E-state index contributed by atoms with van der Waals surface area (Å²) in [5.74, 6) is 0.0862. The summed E-state index contributed by atoms with van der Waals surface area (Å²) in [5.41, 5.74) is 5.89. The molecule has 1 unspecified atom stereocenters. The molecule has 1 aliphatic rings. The van der Waals surface area contributed by atoms with Crippen molar-refractivity contribution in [3.63, 3.8) is 0 Å². The molecule has 0 saturated heterocycles. The molecule has 13 heavy (non-hydrogen) atoms. The van der Waals surface area contributed by atoms with Gasteiger partial charge in [-0.05, 0) is 25.2 Å². The molecule has 0 aliphatic heterocycles. The molecule has 1 rings (SSSR count). The fraction of sp³-hybridized carbons (Fsp3) is 0.900. The highest BCUT2D eigenvalue weighted by Gasteiger charge is 2.31. The Hall–Kier alpha value is -0.570. The molecule has 1 atom stereocenters. The maximum atomic E-state index is 11.2. The van der Waals surface area contributed by atoms with Crippen molar-refractivity contribution in [3.8, 4) is 0 Å². The Balaban J connectivity index is 2.14. The number of rotatable bonds is 4. The van der Waals surface area contributed by atoms with Gasteiger partial charge in [0, 0.05) is 19.0 Å². The van der Waals surface area contributed by atoms with Crippen LogP contribution in [0.4, 0.5) is 0 Å². The van der Waals surface area contributed by atoms with Gasteiger partial charge < -0.3 is 11.1 Å². The number of hydrogen-bond acceptors (Lipinski definition) is 2. The highest BCUT2D eigenvalue weighted by molar-refractivity contribution is 5.76. The average molecular weight is 184 g/mol. The minimum absolute atomic E-state index is 0.0332. The molecule has 1 amide bonds. The van der Waals surface area contributed by atoms with Crippen LogP contribution in [0.2, 0.25) is 0 Å². The highest BCUT2D eigenvalue weighted by atomic mass is 16.1. The molecule has 0 aromatic heterocycles. The highest BCUT2D eigenvalue weighted by Crippen LogP contribution is 2.39. The summed E-state index contributed by atoms with van der Waals surface area (Å²) in [6, 6.07) is -0.0332. The summed E-state index contributed by atoms with van der Waals surface area (Å²) in [6.07, 6.45) is 4.23. The maximum Gasteiger partial charge on any atom is 0.221 e. The molecule has 3 nitrogen and oxygen atoms in total. The molecule has 0 aromatic rings. The molecular formula is C10H20N2O. The lowest BCUT2D eigenvalue weighted by Gasteiger charge is -2.38. The van der Waals surface area contributed by atoms with Crippen LogP contribution in [0.1, 0.15) is 39.5 Å². The van der Waals surface area contributed by atoms with Crippen LogP contribution < -0.4 is 11.1 Å². The molecule has 76 valence electrons.